The highest BCUT2D eigenvalue weighted by Crippen LogP contribution is 2.37. The first-order valence-corrected chi connectivity index (χ1v) is 6.24. The van der Waals surface area contributed by atoms with Crippen LogP contribution in [0.2, 0.25) is 0 Å². The molecule has 1 N–H and O–H groups in total. The normalized spacial score (nSPS) is 24.0. The van der Waals surface area contributed by atoms with Gasteiger partial charge in [0.2, 0.25) is 0 Å². The Bertz CT molecular complexity index is 522. The predicted molar refractivity (Wildman–Crippen MR) is 64.8 cm³/mol. The number of nitrogens with zero attached hydrogens (tertiary/aromatic N) is 1. The van der Waals surface area contributed by atoms with Gasteiger partial charge in [-0.3, -0.25) is 14.5 Å². The van der Waals surface area contributed by atoms with Gasteiger partial charge in [0, 0.05) is 17.0 Å². The lowest BCUT2D eigenvalue weighted by atomic mass is 10.1. The minimum atomic E-state index is -0.994. The minimum absolute atomic E-state index is 0.0650. The maximum atomic E-state index is 12.2. The van der Waals surface area contributed by atoms with Gasteiger partial charge in [-0.05, 0) is 25.8 Å². The van der Waals surface area contributed by atoms with Gasteiger partial charge in [-0.15, -0.1) is 0 Å². The van der Waals surface area contributed by atoms with Gasteiger partial charge in [0.1, 0.15) is 0 Å². The van der Waals surface area contributed by atoms with Gasteiger partial charge >= 0.3 is 0 Å². The summed E-state index contributed by atoms with van der Waals surface area (Å²) >= 11 is 0. The number of hydrogen-bond donors (Lipinski definition) is 1. The quantitative estimate of drug-likeness (QED) is 0.878. The van der Waals surface area contributed by atoms with Crippen molar-refractivity contribution in [2.75, 3.05) is 0 Å². The lowest BCUT2D eigenvalue weighted by molar-refractivity contribution is -0.127. The molecule has 0 radical (unpaired) electrons. The van der Waals surface area contributed by atoms with Crippen LogP contribution in [-0.4, -0.2) is 27.7 Å². The Morgan fingerprint density at radius 1 is 1.39 bits per heavy atom. The number of rotatable bonds is 3. The van der Waals surface area contributed by atoms with E-state index in [2.05, 4.69) is 0 Å². The number of benzene rings is 1. The molecule has 94 valence electrons. The van der Waals surface area contributed by atoms with Crippen molar-refractivity contribution in [3.8, 4) is 0 Å². The van der Waals surface area contributed by atoms with Gasteiger partial charge in [0.15, 0.2) is 12.0 Å². The van der Waals surface area contributed by atoms with Gasteiger partial charge in [0.25, 0.3) is 5.91 Å². The first-order valence-electron chi connectivity index (χ1n) is 6.24. The van der Waals surface area contributed by atoms with Gasteiger partial charge in [-0.1, -0.05) is 18.2 Å². The maximum Gasteiger partial charge on any atom is 0.257 e. The van der Waals surface area contributed by atoms with E-state index < -0.39 is 12.3 Å². The Morgan fingerprint density at radius 3 is 2.67 bits per heavy atom. The van der Waals surface area contributed by atoms with Gasteiger partial charge in [0.05, 0.1) is 6.04 Å². The number of aliphatic hydroxyl groups is 1. The predicted octanol–water partition coefficient (Wildman–Crippen LogP) is 1.50. The molecule has 1 amide bonds. The Kier molecular flexibility index (Phi) is 2.48. The monoisotopic (exact) mass is 245 g/mol. The standard InChI is InChI=1S/C14H15NO3/c1-8(12(16)9-6-7-9)15-13(17)10-4-2-3-5-11(10)14(15)18/h2-5,8-9,13,17H,6-7H2,1H3/t8-,13?/m0/s1. The SMILES string of the molecule is C[C@@H](C(=O)C1CC1)N1C(=O)c2ccccc2C1O. The molecule has 0 spiro atoms. The third-order valence-corrected chi connectivity index (χ3v) is 3.78. The molecule has 0 saturated heterocycles. The van der Waals surface area contributed by atoms with E-state index in [0.717, 1.165) is 12.8 Å². The minimum Gasteiger partial charge on any atom is -0.369 e. The first-order chi connectivity index (χ1) is 8.61. The smallest absolute Gasteiger partial charge is 0.257 e. The van der Waals surface area contributed by atoms with Crippen molar-refractivity contribution in [2.45, 2.75) is 32.0 Å². The highest BCUT2D eigenvalue weighted by molar-refractivity contribution is 6.02. The summed E-state index contributed by atoms with van der Waals surface area (Å²) in [5, 5.41) is 10.2. The molecule has 4 nitrogen and oxygen atoms in total. The molecule has 4 heteroatoms. The highest BCUT2D eigenvalue weighted by atomic mass is 16.3. The highest BCUT2D eigenvalue weighted by Gasteiger charge is 2.43. The molecule has 2 atom stereocenters. The average molecular weight is 245 g/mol. The number of fused-ring (bicyclic) bond motifs is 1. The largest absolute Gasteiger partial charge is 0.369 e. The molecule has 1 unspecified atom stereocenters. The molecule has 1 aliphatic carbocycles. The zero-order chi connectivity index (χ0) is 12.9. The molecule has 2 aliphatic rings. The first kappa shape index (κ1) is 11.4. The van der Waals surface area contributed by atoms with Crippen LogP contribution < -0.4 is 0 Å². The Labute approximate surface area is 105 Å². The van der Waals surface area contributed by atoms with E-state index in [1.165, 1.54) is 4.90 Å². The molecule has 0 aromatic heterocycles. The molecule has 1 heterocycles. The third-order valence-electron chi connectivity index (χ3n) is 3.78. The van der Waals surface area contributed by atoms with Crippen molar-refractivity contribution >= 4 is 11.7 Å². The molecule has 1 fully saturated rings. The van der Waals surface area contributed by atoms with Crippen molar-refractivity contribution in [1.29, 1.82) is 0 Å². The van der Waals surface area contributed by atoms with E-state index in [-0.39, 0.29) is 17.6 Å². The molecule has 3 rings (SSSR count). The van der Waals surface area contributed by atoms with E-state index in [1.54, 1.807) is 31.2 Å². The van der Waals surface area contributed by atoms with E-state index in [9.17, 15) is 14.7 Å². The Balaban J connectivity index is 1.91. The molecule has 1 aromatic carbocycles. The van der Waals surface area contributed by atoms with Gasteiger partial charge in [-0.2, -0.15) is 0 Å². The number of aliphatic hydroxyl groups excluding tert-OH is 1. The van der Waals surface area contributed by atoms with Crippen LogP contribution in [0.1, 0.15) is 41.9 Å². The van der Waals surface area contributed by atoms with Crippen LogP contribution in [0.5, 0.6) is 0 Å². The number of hydrogen-bond acceptors (Lipinski definition) is 3. The topological polar surface area (TPSA) is 57.6 Å². The zero-order valence-electron chi connectivity index (χ0n) is 10.2. The van der Waals surface area contributed by atoms with E-state index >= 15 is 0 Å². The van der Waals surface area contributed by atoms with E-state index in [4.69, 9.17) is 0 Å². The molecular weight excluding hydrogens is 230 g/mol. The van der Waals surface area contributed by atoms with E-state index in [1.807, 2.05) is 0 Å². The lowest BCUT2D eigenvalue weighted by Crippen LogP contribution is -2.42. The van der Waals surface area contributed by atoms with Crippen LogP contribution in [0.25, 0.3) is 0 Å². The fourth-order valence-electron chi connectivity index (χ4n) is 2.55. The van der Waals surface area contributed by atoms with Crippen molar-refractivity contribution in [1.82, 2.24) is 4.90 Å². The van der Waals surface area contributed by atoms with Crippen molar-refractivity contribution in [3.05, 3.63) is 35.4 Å². The number of carbonyl (C=O) groups excluding carboxylic acids is 2. The lowest BCUT2D eigenvalue weighted by Gasteiger charge is -2.27. The number of amides is 1. The summed E-state index contributed by atoms with van der Waals surface area (Å²) in [6.07, 6.45) is 0.828. The number of ketones is 1. The molecule has 1 aliphatic heterocycles. The average Bonchev–Trinajstić information content (AvgIpc) is 3.18. The molecular formula is C14H15NO3. The van der Waals surface area contributed by atoms with Crippen molar-refractivity contribution in [2.24, 2.45) is 5.92 Å². The fourth-order valence-corrected chi connectivity index (χ4v) is 2.55. The van der Waals surface area contributed by atoms with Crippen LogP contribution in [0.3, 0.4) is 0 Å². The van der Waals surface area contributed by atoms with Crippen LogP contribution in [0.4, 0.5) is 0 Å². The fraction of sp³-hybridized carbons (Fsp3) is 0.429. The second-order valence-corrected chi connectivity index (χ2v) is 5.03. The number of carbonyl (C=O) groups is 2. The van der Waals surface area contributed by atoms with E-state index in [0.29, 0.717) is 11.1 Å². The van der Waals surface area contributed by atoms with Gasteiger partial charge in [-0.25, -0.2) is 0 Å². The third kappa shape index (κ3) is 1.56. The van der Waals surface area contributed by atoms with Crippen LogP contribution in [-0.2, 0) is 4.79 Å². The van der Waals surface area contributed by atoms with Crippen LogP contribution in [0, 0.1) is 5.92 Å². The summed E-state index contributed by atoms with van der Waals surface area (Å²) in [5.41, 5.74) is 1.10. The maximum absolute atomic E-state index is 12.2. The summed E-state index contributed by atoms with van der Waals surface area (Å²) < 4.78 is 0. The summed E-state index contributed by atoms with van der Waals surface area (Å²) in [6, 6.07) is 6.42. The van der Waals surface area contributed by atoms with Crippen molar-refractivity contribution < 1.29 is 14.7 Å². The number of Topliss-reactive ketones (excluding diaryl/α,β-unsaturated/α-hetero) is 1. The molecule has 1 saturated carbocycles. The zero-order valence-corrected chi connectivity index (χ0v) is 10.2. The van der Waals surface area contributed by atoms with Crippen molar-refractivity contribution in [3.63, 3.8) is 0 Å². The Morgan fingerprint density at radius 2 is 2.06 bits per heavy atom. The van der Waals surface area contributed by atoms with Crippen LogP contribution >= 0.6 is 0 Å². The second-order valence-electron chi connectivity index (χ2n) is 5.03. The summed E-state index contributed by atoms with van der Waals surface area (Å²) in [4.78, 5) is 25.5. The summed E-state index contributed by atoms with van der Waals surface area (Å²) in [6.45, 7) is 1.70. The van der Waals surface area contributed by atoms with Gasteiger partial charge < -0.3 is 5.11 Å². The molecule has 0 bridgehead atoms. The molecule has 1 aromatic rings. The molecule has 18 heavy (non-hydrogen) atoms. The van der Waals surface area contributed by atoms with Crippen LogP contribution in [0.15, 0.2) is 24.3 Å². The second kappa shape index (κ2) is 3.92. The summed E-state index contributed by atoms with van der Waals surface area (Å²) in [5.74, 6) is -0.0986. The summed E-state index contributed by atoms with van der Waals surface area (Å²) in [7, 11) is 0. The Hall–Kier alpha value is -1.68.